The van der Waals surface area contributed by atoms with Crippen LogP contribution in [0.1, 0.15) is 0 Å². The largest absolute Gasteiger partial charge is 0.384 e. The molecule has 14 heavy (non-hydrogen) atoms. The predicted molar refractivity (Wildman–Crippen MR) is 64.0 cm³/mol. The fraction of sp³-hybridized carbons (Fsp3) is 0.429. The van der Waals surface area contributed by atoms with E-state index in [0.717, 1.165) is 11.9 Å². The van der Waals surface area contributed by atoms with Crippen LogP contribution in [-0.2, 0) is 6.54 Å². The van der Waals surface area contributed by atoms with Gasteiger partial charge in [-0.2, -0.15) is 4.98 Å². The molecular formula is C7H7Br2N3OS. The normalized spacial score (nSPS) is 19.7. The highest BCUT2D eigenvalue weighted by Gasteiger charge is 2.25. The van der Waals surface area contributed by atoms with E-state index in [4.69, 9.17) is 5.73 Å². The molecule has 4 nitrogen and oxygen atoms in total. The number of thioether (sulfide) groups is 1. The summed E-state index contributed by atoms with van der Waals surface area (Å²) >= 11 is 8.11. The molecule has 1 atom stereocenters. The minimum atomic E-state index is -0.295. The van der Waals surface area contributed by atoms with Gasteiger partial charge in [-0.15, -0.1) is 0 Å². The first kappa shape index (κ1) is 10.5. The Morgan fingerprint density at radius 2 is 2.43 bits per heavy atom. The van der Waals surface area contributed by atoms with Crippen molar-refractivity contribution < 1.29 is 0 Å². The van der Waals surface area contributed by atoms with Gasteiger partial charge in [-0.3, -0.25) is 4.79 Å². The van der Waals surface area contributed by atoms with Crippen molar-refractivity contribution in [1.29, 1.82) is 0 Å². The molecule has 7 heteroatoms. The summed E-state index contributed by atoms with van der Waals surface area (Å²) in [6.45, 7) is 0.795. The lowest BCUT2D eigenvalue weighted by Gasteiger charge is -2.07. The van der Waals surface area contributed by atoms with E-state index in [1.807, 2.05) is 4.57 Å². The molecule has 1 aliphatic heterocycles. The van der Waals surface area contributed by atoms with E-state index in [2.05, 4.69) is 36.8 Å². The van der Waals surface area contributed by atoms with Crippen LogP contribution >= 0.6 is 43.6 Å². The standard InChI is InChI=1S/C7H7Br2N3OS/c8-1-3-2-12-5(10)4(9)6(13)11-7(12)14-3/h3H,1-2,10H2/t3-/m0/s1. The van der Waals surface area contributed by atoms with Crippen molar-refractivity contribution >= 4 is 49.4 Å². The molecule has 0 spiro atoms. The van der Waals surface area contributed by atoms with Gasteiger partial charge in [-0.25, -0.2) is 0 Å². The van der Waals surface area contributed by atoms with Gasteiger partial charge in [0, 0.05) is 17.1 Å². The summed E-state index contributed by atoms with van der Waals surface area (Å²) in [5.41, 5.74) is 5.50. The van der Waals surface area contributed by atoms with Crippen LogP contribution in [0, 0.1) is 0 Å². The zero-order valence-electron chi connectivity index (χ0n) is 7.04. The number of rotatable bonds is 1. The molecule has 0 fully saturated rings. The molecule has 2 rings (SSSR count). The smallest absolute Gasteiger partial charge is 0.290 e. The van der Waals surface area contributed by atoms with Crippen molar-refractivity contribution in [1.82, 2.24) is 9.55 Å². The molecule has 0 radical (unpaired) electrons. The molecular weight excluding hydrogens is 334 g/mol. The Morgan fingerprint density at radius 1 is 1.71 bits per heavy atom. The summed E-state index contributed by atoms with van der Waals surface area (Å²) in [5.74, 6) is 0.468. The minimum absolute atomic E-state index is 0.295. The van der Waals surface area contributed by atoms with Crippen LogP contribution in [0.5, 0.6) is 0 Å². The molecule has 0 saturated carbocycles. The highest BCUT2D eigenvalue weighted by molar-refractivity contribution is 9.10. The van der Waals surface area contributed by atoms with Gasteiger partial charge in [0.15, 0.2) is 5.16 Å². The SMILES string of the molecule is Nc1c(Br)c(=O)nc2n1C[C@H](CBr)S2. The third-order valence-corrected chi connectivity index (χ3v) is 5.09. The number of anilines is 1. The first-order chi connectivity index (χ1) is 6.63. The van der Waals surface area contributed by atoms with Gasteiger partial charge in [-0.1, -0.05) is 27.7 Å². The highest BCUT2D eigenvalue weighted by Crippen LogP contribution is 2.33. The number of halogens is 2. The zero-order chi connectivity index (χ0) is 10.3. The average molecular weight is 341 g/mol. The molecule has 0 bridgehead atoms. The maximum atomic E-state index is 11.3. The first-order valence-electron chi connectivity index (χ1n) is 3.92. The summed E-state index contributed by atoms with van der Waals surface area (Å²) < 4.78 is 2.22. The van der Waals surface area contributed by atoms with Crippen molar-refractivity contribution in [2.24, 2.45) is 0 Å². The summed E-state index contributed by atoms with van der Waals surface area (Å²) in [6, 6.07) is 0. The van der Waals surface area contributed by atoms with E-state index in [9.17, 15) is 4.79 Å². The van der Waals surface area contributed by atoms with E-state index >= 15 is 0 Å². The molecule has 1 aromatic heterocycles. The molecule has 76 valence electrons. The second-order valence-corrected chi connectivity index (χ2v) is 5.61. The Balaban J connectivity index is 2.53. The predicted octanol–water partition coefficient (Wildman–Crippen LogP) is 1.46. The van der Waals surface area contributed by atoms with Crippen molar-refractivity contribution in [2.75, 3.05) is 11.1 Å². The number of aromatic nitrogens is 2. The minimum Gasteiger partial charge on any atom is -0.384 e. The second kappa shape index (κ2) is 3.86. The summed E-state index contributed by atoms with van der Waals surface area (Å²) in [4.78, 5) is 15.3. The van der Waals surface area contributed by atoms with Crippen molar-refractivity contribution in [3.8, 4) is 0 Å². The Morgan fingerprint density at radius 3 is 3.07 bits per heavy atom. The molecule has 2 N–H and O–H groups in total. The average Bonchev–Trinajstić information content (AvgIpc) is 2.57. The number of alkyl halides is 1. The van der Waals surface area contributed by atoms with E-state index in [-0.39, 0.29) is 5.56 Å². The van der Waals surface area contributed by atoms with E-state index < -0.39 is 0 Å². The third kappa shape index (κ3) is 1.61. The number of nitrogens with zero attached hydrogens (tertiary/aromatic N) is 2. The van der Waals surface area contributed by atoms with Crippen LogP contribution in [-0.4, -0.2) is 20.1 Å². The van der Waals surface area contributed by atoms with Gasteiger partial charge in [-0.05, 0) is 15.9 Å². The van der Waals surface area contributed by atoms with Crippen LogP contribution < -0.4 is 11.3 Å². The number of nitrogens with two attached hydrogens (primary N) is 1. The highest BCUT2D eigenvalue weighted by atomic mass is 79.9. The molecule has 1 aliphatic rings. The lowest BCUT2D eigenvalue weighted by Crippen LogP contribution is -2.18. The monoisotopic (exact) mass is 339 g/mol. The van der Waals surface area contributed by atoms with Crippen molar-refractivity contribution in [3.05, 3.63) is 14.8 Å². The van der Waals surface area contributed by atoms with Gasteiger partial charge in [0.1, 0.15) is 10.3 Å². The summed E-state index contributed by atoms with van der Waals surface area (Å²) in [5, 5.41) is 1.98. The fourth-order valence-electron chi connectivity index (χ4n) is 1.26. The quantitative estimate of drug-likeness (QED) is 0.621. The van der Waals surface area contributed by atoms with Crippen LogP contribution in [0.2, 0.25) is 0 Å². The lowest BCUT2D eigenvalue weighted by molar-refractivity contribution is 0.647. The van der Waals surface area contributed by atoms with Crippen LogP contribution in [0.3, 0.4) is 0 Å². The topological polar surface area (TPSA) is 60.9 Å². The molecule has 0 unspecified atom stereocenters. The van der Waals surface area contributed by atoms with Crippen molar-refractivity contribution in [3.63, 3.8) is 0 Å². The summed E-state index contributed by atoms with van der Waals surface area (Å²) in [7, 11) is 0. The Labute approximate surface area is 102 Å². The van der Waals surface area contributed by atoms with Gasteiger partial charge in [0.25, 0.3) is 5.56 Å². The zero-order valence-corrected chi connectivity index (χ0v) is 11.0. The van der Waals surface area contributed by atoms with Crippen LogP contribution in [0.4, 0.5) is 5.82 Å². The maximum absolute atomic E-state index is 11.3. The first-order valence-corrected chi connectivity index (χ1v) is 6.71. The van der Waals surface area contributed by atoms with Gasteiger partial charge < -0.3 is 10.3 Å². The van der Waals surface area contributed by atoms with Gasteiger partial charge in [0.05, 0.1) is 0 Å². The maximum Gasteiger partial charge on any atom is 0.290 e. The third-order valence-electron chi connectivity index (χ3n) is 1.96. The number of hydrogen-bond donors (Lipinski definition) is 1. The number of hydrogen-bond acceptors (Lipinski definition) is 4. The van der Waals surface area contributed by atoms with Crippen molar-refractivity contribution in [2.45, 2.75) is 17.0 Å². The number of nitrogen functional groups attached to an aromatic ring is 1. The van der Waals surface area contributed by atoms with E-state index in [1.165, 1.54) is 0 Å². The van der Waals surface area contributed by atoms with Crippen LogP contribution in [0.25, 0.3) is 0 Å². The molecule has 2 heterocycles. The fourth-order valence-corrected chi connectivity index (χ4v) is 3.19. The van der Waals surface area contributed by atoms with Gasteiger partial charge in [0.2, 0.25) is 0 Å². The molecule has 0 amide bonds. The summed E-state index contributed by atoms with van der Waals surface area (Å²) in [6.07, 6.45) is 0. The van der Waals surface area contributed by atoms with E-state index in [0.29, 0.717) is 20.7 Å². The number of fused-ring (bicyclic) bond motifs is 1. The Kier molecular flexibility index (Phi) is 2.90. The second-order valence-electron chi connectivity index (χ2n) is 2.90. The Bertz CT molecular complexity index is 434. The molecule has 1 aromatic rings. The van der Waals surface area contributed by atoms with Gasteiger partial charge >= 0.3 is 0 Å². The molecule has 0 aliphatic carbocycles. The van der Waals surface area contributed by atoms with Crippen LogP contribution in [0.15, 0.2) is 14.4 Å². The Hall–Kier alpha value is -0.0100. The molecule has 0 saturated heterocycles. The lowest BCUT2D eigenvalue weighted by atomic mass is 10.4. The van der Waals surface area contributed by atoms with E-state index in [1.54, 1.807) is 11.8 Å². The molecule has 0 aromatic carbocycles.